The quantitative estimate of drug-likeness (QED) is 0.787. The van der Waals surface area contributed by atoms with Gasteiger partial charge in [0.25, 0.3) is 5.56 Å². The Bertz CT molecular complexity index is 539. The van der Waals surface area contributed by atoms with Gasteiger partial charge in [0.15, 0.2) is 0 Å². The summed E-state index contributed by atoms with van der Waals surface area (Å²) in [5.74, 6) is 1.49. The average molecular weight is 259 g/mol. The zero-order valence-electron chi connectivity index (χ0n) is 12.6. The van der Waals surface area contributed by atoms with Gasteiger partial charge in [-0.2, -0.15) is 0 Å². The number of nitrogens with zero attached hydrogens (tertiary/aromatic N) is 1. The van der Waals surface area contributed by atoms with Crippen LogP contribution in [0.4, 0.5) is 0 Å². The van der Waals surface area contributed by atoms with Crippen LogP contribution in [0.3, 0.4) is 0 Å². The largest absolute Gasteiger partial charge is 0.312 e. The fourth-order valence-corrected chi connectivity index (χ4v) is 3.16. The highest BCUT2D eigenvalue weighted by Crippen LogP contribution is 2.42. The molecule has 104 valence electrons. The van der Waals surface area contributed by atoms with Gasteiger partial charge in [-0.3, -0.25) is 4.79 Å². The number of aromatic nitrogens is 1. The first-order chi connectivity index (χ1) is 8.86. The first kappa shape index (κ1) is 13.0. The van der Waals surface area contributed by atoms with Gasteiger partial charge in [-0.1, -0.05) is 27.7 Å². The molecule has 2 aliphatic carbocycles. The van der Waals surface area contributed by atoms with Crippen LogP contribution in [0.5, 0.6) is 0 Å². The molecule has 19 heavy (non-hydrogen) atoms. The molecular weight excluding hydrogens is 234 g/mol. The molecule has 2 fully saturated rings. The highest BCUT2D eigenvalue weighted by molar-refractivity contribution is 5.30. The summed E-state index contributed by atoms with van der Waals surface area (Å²) in [4.78, 5) is 12.7. The van der Waals surface area contributed by atoms with Gasteiger partial charge < -0.3 is 4.57 Å². The molecule has 0 unspecified atom stereocenters. The Labute approximate surface area is 115 Å². The number of pyridine rings is 1. The van der Waals surface area contributed by atoms with Gasteiger partial charge in [-0.25, -0.2) is 0 Å². The molecule has 1 heterocycles. The van der Waals surface area contributed by atoms with E-state index in [-0.39, 0.29) is 11.0 Å². The van der Waals surface area contributed by atoms with Crippen LogP contribution < -0.4 is 5.56 Å². The molecule has 0 N–H and O–H groups in total. The summed E-state index contributed by atoms with van der Waals surface area (Å²) in [5, 5.41) is 0. The van der Waals surface area contributed by atoms with Gasteiger partial charge >= 0.3 is 0 Å². The fourth-order valence-electron chi connectivity index (χ4n) is 3.16. The molecular formula is C17H25NO. The van der Waals surface area contributed by atoms with Gasteiger partial charge in [0.1, 0.15) is 0 Å². The number of rotatable bonds is 2. The maximum Gasteiger partial charge on any atom is 0.254 e. The molecule has 1 aromatic heterocycles. The van der Waals surface area contributed by atoms with Crippen molar-refractivity contribution in [3.63, 3.8) is 0 Å². The lowest BCUT2D eigenvalue weighted by Gasteiger charge is -2.35. The second kappa shape index (κ2) is 4.22. The van der Waals surface area contributed by atoms with Crippen LogP contribution in [0.25, 0.3) is 0 Å². The lowest BCUT2D eigenvalue weighted by atomic mass is 9.80. The van der Waals surface area contributed by atoms with E-state index in [2.05, 4.69) is 40.0 Å². The minimum absolute atomic E-state index is 0.0565. The molecule has 0 aromatic carbocycles. The molecule has 1 aromatic rings. The maximum atomic E-state index is 12.7. The van der Waals surface area contributed by atoms with Crippen molar-refractivity contribution in [2.45, 2.75) is 70.8 Å². The molecule has 2 aliphatic rings. The van der Waals surface area contributed by atoms with Crippen LogP contribution in [0.1, 0.15) is 76.5 Å². The van der Waals surface area contributed by atoms with Crippen molar-refractivity contribution in [3.05, 3.63) is 33.7 Å². The van der Waals surface area contributed by atoms with Gasteiger partial charge in [0, 0.05) is 17.8 Å². The molecule has 0 bridgehead atoms. The number of hydrogen-bond acceptors (Lipinski definition) is 1. The molecule has 0 aliphatic heterocycles. The summed E-state index contributed by atoms with van der Waals surface area (Å²) in [6.45, 7) is 8.72. The average Bonchev–Trinajstić information content (AvgIpc) is 3.08. The fraction of sp³-hybridized carbons (Fsp3) is 0.706. The SMILES string of the molecule is CC1CC(n2cc(C3CC3)cc(C(C)(C)C)c2=O)C1. The molecule has 0 amide bonds. The molecule has 0 radical (unpaired) electrons. The second-order valence-corrected chi connectivity index (χ2v) is 7.65. The zero-order chi connectivity index (χ0) is 13.8. The normalized spacial score (nSPS) is 27.2. The minimum atomic E-state index is -0.0565. The third kappa shape index (κ3) is 2.37. The Morgan fingerprint density at radius 1 is 1.21 bits per heavy atom. The van der Waals surface area contributed by atoms with E-state index < -0.39 is 0 Å². The molecule has 2 nitrogen and oxygen atoms in total. The molecule has 0 saturated heterocycles. The Kier molecular flexibility index (Phi) is 2.88. The molecule has 0 spiro atoms. The van der Waals surface area contributed by atoms with Crippen LogP contribution in [0, 0.1) is 5.92 Å². The van der Waals surface area contributed by atoms with Crippen molar-refractivity contribution in [1.29, 1.82) is 0 Å². The Balaban J connectivity index is 2.07. The van der Waals surface area contributed by atoms with Crippen LogP contribution in [0.2, 0.25) is 0 Å². The van der Waals surface area contributed by atoms with E-state index in [1.807, 2.05) is 4.57 Å². The summed E-state index contributed by atoms with van der Waals surface area (Å²) >= 11 is 0. The van der Waals surface area contributed by atoms with Crippen molar-refractivity contribution < 1.29 is 0 Å². The van der Waals surface area contributed by atoms with E-state index in [1.165, 1.54) is 18.4 Å². The molecule has 2 heteroatoms. The third-order valence-corrected chi connectivity index (χ3v) is 4.66. The van der Waals surface area contributed by atoms with Crippen molar-refractivity contribution in [2.75, 3.05) is 0 Å². The topological polar surface area (TPSA) is 22.0 Å². The van der Waals surface area contributed by atoms with E-state index in [0.717, 1.165) is 24.3 Å². The van der Waals surface area contributed by atoms with Crippen molar-refractivity contribution in [2.24, 2.45) is 5.92 Å². The van der Waals surface area contributed by atoms with Crippen molar-refractivity contribution >= 4 is 0 Å². The third-order valence-electron chi connectivity index (χ3n) is 4.66. The number of hydrogen-bond donors (Lipinski definition) is 0. The van der Waals surface area contributed by atoms with E-state index in [1.54, 1.807) is 0 Å². The van der Waals surface area contributed by atoms with Crippen molar-refractivity contribution in [3.8, 4) is 0 Å². The highest BCUT2D eigenvalue weighted by atomic mass is 16.1. The highest BCUT2D eigenvalue weighted by Gasteiger charge is 2.32. The first-order valence-electron chi connectivity index (χ1n) is 7.63. The maximum absolute atomic E-state index is 12.7. The monoisotopic (exact) mass is 259 g/mol. The lowest BCUT2D eigenvalue weighted by molar-refractivity contribution is 0.210. The van der Waals surface area contributed by atoms with Gasteiger partial charge in [0.05, 0.1) is 0 Å². The van der Waals surface area contributed by atoms with Gasteiger partial charge in [0.2, 0.25) is 0 Å². The summed E-state index contributed by atoms with van der Waals surface area (Å²) in [7, 11) is 0. The van der Waals surface area contributed by atoms with Gasteiger partial charge in [-0.05, 0) is 54.6 Å². The summed E-state index contributed by atoms with van der Waals surface area (Å²) in [5.41, 5.74) is 2.58. The minimum Gasteiger partial charge on any atom is -0.312 e. The summed E-state index contributed by atoms with van der Waals surface area (Å²) in [6.07, 6.45) is 7.08. The van der Waals surface area contributed by atoms with Crippen molar-refractivity contribution in [1.82, 2.24) is 4.57 Å². The van der Waals surface area contributed by atoms with E-state index in [4.69, 9.17) is 0 Å². The van der Waals surface area contributed by atoms with Crippen LogP contribution >= 0.6 is 0 Å². The van der Waals surface area contributed by atoms with Crippen LogP contribution in [-0.2, 0) is 5.41 Å². The Morgan fingerprint density at radius 3 is 2.32 bits per heavy atom. The van der Waals surface area contributed by atoms with Crippen LogP contribution in [-0.4, -0.2) is 4.57 Å². The van der Waals surface area contributed by atoms with Gasteiger partial charge in [-0.15, -0.1) is 0 Å². The van der Waals surface area contributed by atoms with E-state index in [9.17, 15) is 4.79 Å². The molecule has 3 rings (SSSR count). The predicted octanol–water partition coefficient (Wildman–Crippen LogP) is 3.99. The lowest BCUT2D eigenvalue weighted by Crippen LogP contribution is -2.37. The standard InChI is InChI=1S/C17H25NO/c1-11-7-14(8-11)18-10-13(12-5-6-12)9-15(16(18)19)17(2,3)4/h9-12,14H,5-8H2,1-4H3. The van der Waals surface area contributed by atoms with Crippen LogP contribution in [0.15, 0.2) is 17.1 Å². The van der Waals surface area contributed by atoms with E-state index in [0.29, 0.717) is 12.0 Å². The first-order valence-corrected chi connectivity index (χ1v) is 7.63. The molecule has 2 saturated carbocycles. The molecule has 0 atom stereocenters. The summed E-state index contributed by atoms with van der Waals surface area (Å²) in [6, 6.07) is 2.63. The van der Waals surface area contributed by atoms with E-state index >= 15 is 0 Å². The Hall–Kier alpha value is -1.05. The smallest absolute Gasteiger partial charge is 0.254 e. The zero-order valence-corrected chi connectivity index (χ0v) is 12.6. The predicted molar refractivity (Wildman–Crippen MR) is 78.8 cm³/mol. The Morgan fingerprint density at radius 2 is 1.84 bits per heavy atom. The summed E-state index contributed by atoms with van der Waals surface area (Å²) < 4.78 is 2.05. The second-order valence-electron chi connectivity index (χ2n) is 7.65.